The fourth-order valence-electron chi connectivity index (χ4n) is 1.12. The highest BCUT2D eigenvalue weighted by molar-refractivity contribution is 8.76. The molecule has 0 spiro atoms. The Morgan fingerprint density at radius 1 is 1.50 bits per heavy atom. The Morgan fingerprint density at radius 3 is 3.10 bits per heavy atom. The molecule has 3 heteroatoms. The van der Waals surface area contributed by atoms with Gasteiger partial charge in [0.2, 0.25) is 0 Å². The molecule has 1 heterocycles. The molecule has 1 saturated heterocycles. The van der Waals surface area contributed by atoms with Gasteiger partial charge in [-0.25, -0.2) is 0 Å². The third-order valence-corrected chi connectivity index (χ3v) is 4.29. The number of aliphatic hydroxyl groups is 1. The number of aliphatic hydroxyl groups excluding tert-OH is 1. The van der Waals surface area contributed by atoms with Crippen molar-refractivity contribution in [3.05, 3.63) is 0 Å². The zero-order valence-corrected chi connectivity index (χ0v) is 7.88. The van der Waals surface area contributed by atoms with Gasteiger partial charge in [0.05, 0.1) is 0 Å². The molecular weight excluding hydrogens is 164 g/mol. The molecular formula is C7H14OS2. The monoisotopic (exact) mass is 178 g/mol. The average Bonchev–Trinajstić information content (AvgIpc) is 1.83. The van der Waals surface area contributed by atoms with E-state index in [0.29, 0.717) is 5.92 Å². The average molecular weight is 178 g/mol. The molecule has 1 N–H and O–H groups in total. The second-order valence-corrected chi connectivity index (χ2v) is 5.52. The molecule has 1 nitrogen and oxygen atoms in total. The summed E-state index contributed by atoms with van der Waals surface area (Å²) in [6, 6.07) is 0. The second kappa shape index (κ2) is 4.52. The maximum absolute atomic E-state index is 9.33. The standard InChI is InChI=1S/C7H14OS2/c1-6-3-2-4-9-10-7(8)5-6/h6-8H,2-5H2,1H3. The number of hydrogen-bond acceptors (Lipinski definition) is 3. The van der Waals surface area contributed by atoms with E-state index in [0.717, 1.165) is 6.42 Å². The van der Waals surface area contributed by atoms with Gasteiger partial charge in [0.15, 0.2) is 0 Å². The van der Waals surface area contributed by atoms with Gasteiger partial charge in [-0.15, -0.1) is 0 Å². The van der Waals surface area contributed by atoms with E-state index in [2.05, 4.69) is 6.92 Å². The van der Waals surface area contributed by atoms with Crippen LogP contribution >= 0.6 is 21.6 Å². The quantitative estimate of drug-likeness (QED) is 0.576. The Labute approximate surface area is 70.4 Å². The summed E-state index contributed by atoms with van der Waals surface area (Å²) in [5.74, 6) is 1.91. The van der Waals surface area contributed by atoms with E-state index in [-0.39, 0.29) is 5.44 Å². The molecule has 1 fully saturated rings. The first-order valence-electron chi connectivity index (χ1n) is 3.75. The van der Waals surface area contributed by atoms with Crippen LogP contribution < -0.4 is 0 Å². The van der Waals surface area contributed by atoms with Crippen molar-refractivity contribution < 1.29 is 5.11 Å². The summed E-state index contributed by atoms with van der Waals surface area (Å²) in [6.07, 6.45) is 3.56. The summed E-state index contributed by atoms with van der Waals surface area (Å²) in [4.78, 5) is 0. The largest absolute Gasteiger partial charge is 0.382 e. The molecule has 10 heavy (non-hydrogen) atoms. The lowest BCUT2D eigenvalue weighted by Gasteiger charge is -2.18. The molecule has 0 amide bonds. The van der Waals surface area contributed by atoms with Crippen LogP contribution in [0.3, 0.4) is 0 Å². The highest BCUT2D eigenvalue weighted by Crippen LogP contribution is 2.33. The van der Waals surface area contributed by atoms with Gasteiger partial charge in [0, 0.05) is 5.75 Å². The molecule has 0 aromatic heterocycles. The molecule has 1 aliphatic heterocycles. The van der Waals surface area contributed by atoms with Crippen molar-refractivity contribution in [2.24, 2.45) is 5.92 Å². The van der Waals surface area contributed by atoms with Crippen LogP contribution in [0.1, 0.15) is 26.2 Å². The van der Waals surface area contributed by atoms with Crippen LogP contribution in [0.15, 0.2) is 0 Å². The molecule has 0 radical (unpaired) electrons. The third kappa shape index (κ3) is 3.17. The molecule has 1 aliphatic rings. The number of rotatable bonds is 0. The fourth-order valence-corrected chi connectivity index (χ4v) is 3.41. The predicted molar refractivity (Wildman–Crippen MR) is 49.1 cm³/mol. The lowest BCUT2D eigenvalue weighted by molar-refractivity contribution is 0.226. The maximum atomic E-state index is 9.33. The van der Waals surface area contributed by atoms with Crippen molar-refractivity contribution in [3.8, 4) is 0 Å². The van der Waals surface area contributed by atoms with Crippen LogP contribution in [-0.4, -0.2) is 16.3 Å². The van der Waals surface area contributed by atoms with Crippen molar-refractivity contribution >= 4 is 21.6 Å². The highest BCUT2D eigenvalue weighted by atomic mass is 33.1. The Morgan fingerprint density at radius 2 is 2.30 bits per heavy atom. The van der Waals surface area contributed by atoms with Crippen LogP contribution in [0.25, 0.3) is 0 Å². The number of hydrogen-bond donors (Lipinski definition) is 1. The minimum Gasteiger partial charge on any atom is -0.382 e. The Balaban J connectivity index is 2.25. The van der Waals surface area contributed by atoms with Crippen molar-refractivity contribution in [1.82, 2.24) is 0 Å². The van der Waals surface area contributed by atoms with Gasteiger partial charge in [-0.1, -0.05) is 28.5 Å². The zero-order valence-electron chi connectivity index (χ0n) is 6.25. The van der Waals surface area contributed by atoms with Gasteiger partial charge in [-0.05, 0) is 25.2 Å². The van der Waals surface area contributed by atoms with Crippen LogP contribution in [0.2, 0.25) is 0 Å². The SMILES string of the molecule is CC1CCCSSC(O)C1. The van der Waals surface area contributed by atoms with Crippen LogP contribution in [-0.2, 0) is 0 Å². The van der Waals surface area contributed by atoms with Gasteiger partial charge in [-0.2, -0.15) is 0 Å². The Kier molecular flexibility index (Phi) is 3.96. The summed E-state index contributed by atoms with van der Waals surface area (Å²) < 4.78 is 0. The molecule has 2 unspecified atom stereocenters. The molecule has 0 aliphatic carbocycles. The van der Waals surface area contributed by atoms with E-state index in [9.17, 15) is 5.11 Å². The molecule has 0 aromatic rings. The molecule has 0 saturated carbocycles. The summed E-state index contributed by atoms with van der Waals surface area (Å²) in [5, 5.41) is 9.33. The molecule has 0 aromatic carbocycles. The van der Waals surface area contributed by atoms with E-state index in [1.807, 2.05) is 0 Å². The molecule has 0 bridgehead atoms. The molecule has 60 valence electrons. The van der Waals surface area contributed by atoms with E-state index < -0.39 is 0 Å². The molecule has 2 atom stereocenters. The fraction of sp³-hybridized carbons (Fsp3) is 1.00. The summed E-state index contributed by atoms with van der Waals surface area (Å²) in [6.45, 7) is 2.22. The normalized spacial score (nSPS) is 36.6. The Bertz CT molecular complexity index is 87.6. The lowest BCUT2D eigenvalue weighted by Crippen LogP contribution is -2.09. The van der Waals surface area contributed by atoms with E-state index in [1.165, 1.54) is 18.6 Å². The first-order valence-corrected chi connectivity index (χ1v) is 6.13. The second-order valence-electron chi connectivity index (χ2n) is 2.86. The topological polar surface area (TPSA) is 20.2 Å². The van der Waals surface area contributed by atoms with Gasteiger partial charge in [-0.3, -0.25) is 0 Å². The minimum absolute atomic E-state index is 0.125. The van der Waals surface area contributed by atoms with Crippen molar-refractivity contribution in [1.29, 1.82) is 0 Å². The van der Waals surface area contributed by atoms with E-state index in [1.54, 1.807) is 21.6 Å². The lowest BCUT2D eigenvalue weighted by atomic mass is 10.0. The smallest absolute Gasteiger partial charge is 0.110 e. The molecule has 1 rings (SSSR count). The van der Waals surface area contributed by atoms with E-state index in [4.69, 9.17) is 0 Å². The highest BCUT2D eigenvalue weighted by Gasteiger charge is 2.13. The Hall–Kier alpha value is 0.660. The predicted octanol–water partition coefficient (Wildman–Crippen LogP) is 2.51. The van der Waals surface area contributed by atoms with Gasteiger partial charge in [0.1, 0.15) is 5.44 Å². The van der Waals surface area contributed by atoms with Crippen molar-refractivity contribution in [2.45, 2.75) is 31.6 Å². The van der Waals surface area contributed by atoms with Gasteiger partial charge in [0.25, 0.3) is 0 Å². The van der Waals surface area contributed by atoms with Crippen molar-refractivity contribution in [3.63, 3.8) is 0 Å². The zero-order chi connectivity index (χ0) is 7.40. The van der Waals surface area contributed by atoms with Crippen LogP contribution in [0.5, 0.6) is 0 Å². The van der Waals surface area contributed by atoms with Crippen molar-refractivity contribution in [2.75, 3.05) is 5.75 Å². The maximum Gasteiger partial charge on any atom is 0.110 e. The minimum atomic E-state index is -0.125. The third-order valence-electron chi connectivity index (χ3n) is 1.71. The van der Waals surface area contributed by atoms with Gasteiger partial charge < -0.3 is 5.11 Å². The first-order chi connectivity index (χ1) is 4.79. The van der Waals surface area contributed by atoms with E-state index >= 15 is 0 Å². The van der Waals surface area contributed by atoms with Crippen LogP contribution in [0.4, 0.5) is 0 Å². The van der Waals surface area contributed by atoms with Gasteiger partial charge >= 0.3 is 0 Å². The van der Waals surface area contributed by atoms with Crippen LogP contribution in [0, 0.1) is 5.92 Å². The summed E-state index contributed by atoms with van der Waals surface area (Å²) >= 11 is 0. The summed E-state index contributed by atoms with van der Waals surface area (Å²) in [7, 11) is 3.43. The first kappa shape index (κ1) is 8.75. The summed E-state index contributed by atoms with van der Waals surface area (Å²) in [5.41, 5.74) is -0.125.